The Morgan fingerprint density at radius 1 is 1.22 bits per heavy atom. The number of ether oxygens (including phenoxy) is 1. The summed E-state index contributed by atoms with van der Waals surface area (Å²) in [6.07, 6.45) is 4.80. The first-order valence-corrected chi connectivity index (χ1v) is 9.57. The van der Waals surface area contributed by atoms with Crippen LogP contribution in [0.1, 0.15) is 53.4 Å². The smallest absolute Gasteiger partial charge is 0.315 e. The van der Waals surface area contributed by atoms with Gasteiger partial charge in [-0.1, -0.05) is 27.7 Å². The molecule has 2 amide bonds. The fourth-order valence-electron chi connectivity index (χ4n) is 3.72. The summed E-state index contributed by atoms with van der Waals surface area (Å²) >= 11 is 0. The van der Waals surface area contributed by atoms with Gasteiger partial charge in [-0.25, -0.2) is 4.90 Å². The number of nitrogens with one attached hydrogen (secondary N) is 1. The second-order valence-electron chi connectivity index (χ2n) is 8.37. The molecule has 3 rings (SSSR count). The van der Waals surface area contributed by atoms with Gasteiger partial charge in [-0.15, -0.1) is 0 Å². The molecule has 2 aliphatic carbocycles. The lowest BCUT2D eigenvalue weighted by molar-refractivity contribution is -0.156. The first kappa shape index (κ1) is 19.6. The molecule has 148 valence electrons. The van der Waals surface area contributed by atoms with Crippen molar-refractivity contribution in [3.63, 3.8) is 0 Å². The van der Waals surface area contributed by atoms with Gasteiger partial charge in [0.1, 0.15) is 0 Å². The Morgan fingerprint density at radius 2 is 1.81 bits per heavy atom. The van der Waals surface area contributed by atoms with Crippen LogP contribution in [0.3, 0.4) is 0 Å². The molecule has 3 aliphatic rings. The van der Waals surface area contributed by atoms with Crippen LogP contribution in [0.4, 0.5) is 0 Å². The van der Waals surface area contributed by atoms with Crippen LogP contribution in [0, 0.1) is 17.3 Å². The topological polar surface area (TPSA) is 84.9 Å². The number of hydroxylamine groups is 1. The highest BCUT2D eigenvalue weighted by Crippen LogP contribution is 2.58. The van der Waals surface area contributed by atoms with Gasteiger partial charge in [0.15, 0.2) is 6.73 Å². The summed E-state index contributed by atoms with van der Waals surface area (Å²) in [6.45, 7) is 8.23. The molecule has 1 fully saturated rings. The van der Waals surface area contributed by atoms with Crippen LogP contribution in [-0.2, 0) is 24.0 Å². The predicted octanol–water partition coefficient (Wildman–Crippen LogP) is 2.44. The lowest BCUT2D eigenvalue weighted by Gasteiger charge is -2.15. The van der Waals surface area contributed by atoms with Crippen molar-refractivity contribution in [1.82, 2.24) is 10.4 Å². The lowest BCUT2D eigenvalue weighted by atomic mass is 9.93. The van der Waals surface area contributed by atoms with Gasteiger partial charge in [-0.05, 0) is 37.2 Å². The van der Waals surface area contributed by atoms with Gasteiger partial charge in [-0.3, -0.25) is 24.7 Å². The number of nitrogens with zero attached hydrogens (tertiary/aromatic N) is 1. The zero-order valence-electron chi connectivity index (χ0n) is 16.5. The van der Waals surface area contributed by atoms with E-state index < -0.39 is 11.9 Å². The van der Waals surface area contributed by atoms with E-state index in [0.29, 0.717) is 36.5 Å². The van der Waals surface area contributed by atoms with Crippen molar-refractivity contribution < 1.29 is 24.0 Å². The van der Waals surface area contributed by atoms with Crippen molar-refractivity contribution >= 4 is 17.8 Å². The monoisotopic (exact) mass is 376 g/mol. The van der Waals surface area contributed by atoms with Crippen molar-refractivity contribution in [2.24, 2.45) is 17.3 Å². The maximum atomic E-state index is 12.5. The van der Waals surface area contributed by atoms with E-state index in [9.17, 15) is 14.4 Å². The van der Waals surface area contributed by atoms with E-state index in [-0.39, 0.29) is 24.0 Å². The average Bonchev–Trinajstić information content (AvgIpc) is 3.08. The maximum Gasteiger partial charge on any atom is 0.315 e. The quantitative estimate of drug-likeness (QED) is 0.318. The number of esters is 1. The number of imide groups is 1. The third-order valence-electron chi connectivity index (χ3n) is 5.45. The molecule has 1 saturated carbocycles. The molecule has 0 aromatic heterocycles. The minimum Gasteiger partial charge on any atom is -0.443 e. The molecule has 27 heavy (non-hydrogen) atoms. The largest absolute Gasteiger partial charge is 0.443 e. The number of hydrogen-bond donors (Lipinski definition) is 1. The van der Waals surface area contributed by atoms with Crippen LogP contribution in [-0.4, -0.2) is 36.0 Å². The van der Waals surface area contributed by atoms with E-state index >= 15 is 0 Å². The average molecular weight is 376 g/mol. The molecule has 0 bridgehead atoms. The van der Waals surface area contributed by atoms with Crippen molar-refractivity contribution in [3.8, 4) is 0 Å². The summed E-state index contributed by atoms with van der Waals surface area (Å²) in [5.41, 5.74) is 4.52. The van der Waals surface area contributed by atoms with Crippen molar-refractivity contribution in [2.45, 2.75) is 53.4 Å². The molecule has 0 aromatic rings. The highest BCUT2D eigenvalue weighted by molar-refractivity contribution is 6.19. The van der Waals surface area contributed by atoms with E-state index in [1.54, 1.807) is 6.20 Å². The fraction of sp³-hybridized carbons (Fsp3) is 0.650. The van der Waals surface area contributed by atoms with Crippen LogP contribution in [0.15, 0.2) is 22.9 Å². The normalized spacial score (nSPS) is 25.3. The molecule has 0 saturated heterocycles. The van der Waals surface area contributed by atoms with Crippen LogP contribution in [0.25, 0.3) is 0 Å². The molecule has 1 N–H and O–H groups in total. The summed E-state index contributed by atoms with van der Waals surface area (Å²) in [5.74, 6) is -1.04. The molecule has 0 aromatic carbocycles. The van der Waals surface area contributed by atoms with Gasteiger partial charge in [0.05, 0.1) is 12.5 Å². The molecular weight excluding hydrogens is 348 g/mol. The number of carbonyl (C=O) groups excluding carboxylic acids is 3. The van der Waals surface area contributed by atoms with Gasteiger partial charge in [0, 0.05) is 22.8 Å². The van der Waals surface area contributed by atoms with E-state index in [2.05, 4.69) is 5.48 Å². The standard InChI is InChI=1S/C20H28N2O5/c1-12(2)10-27-21-9-15-16(20(15,3)4)19(25)26-11-22-17(23)13-7-5-6-8-14(13)18(22)24/h9,12,16,21H,5-8,10-11H2,1-4H3/t16-/m0/s1. The minimum absolute atomic E-state index is 0.308. The summed E-state index contributed by atoms with van der Waals surface area (Å²) < 4.78 is 5.32. The van der Waals surface area contributed by atoms with Crippen molar-refractivity contribution in [2.75, 3.05) is 13.3 Å². The van der Waals surface area contributed by atoms with Gasteiger partial charge >= 0.3 is 5.97 Å². The molecule has 0 spiro atoms. The lowest BCUT2D eigenvalue weighted by Crippen LogP contribution is -2.35. The molecule has 1 heterocycles. The third kappa shape index (κ3) is 3.78. The predicted molar refractivity (Wildman–Crippen MR) is 97.6 cm³/mol. The minimum atomic E-state index is -0.428. The molecular formula is C20H28N2O5. The van der Waals surface area contributed by atoms with Gasteiger partial charge in [0.2, 0.25) is 0 Å². The van der Waals surface area contributed by atoms with Gasteiger partial charge in [0.25, 0.3) is 11.8 Å². The summed E-state index contributed by atoms with van der Waals surface area (Å²) in [7, 11) is 0. The third-order valence-corrected chi connectivity index (χ3v) is 5.45. The molecule has 7 nitrogen and oxygen atoms in total. The Kier molecular flexibility index (Phi) is 5.42. The van der Waals surface area contributed by atoms with Crippen LogP contribution in [0.2, 0.25) is 0 Å². The molecule has 7 heteroatoms. The van der Waals surface area contributed by atoms with Gasteiger partial charge in [-0.2, -0.15) is 0 Å². The SMILES string of the molecule is CC(C)CONC=C1[C@@H](C(=O)OCN2C(=O)C3=C(CCCC3)C2=O)C1(C)C. The van der Waals surface area contributed by atoms with Crippen LogP contribution >= 0.6 is 0 Å². The number of hydrogen-bond acceptors (Lipinski definition) is 6. The van der Waals surface area contributed by atoms with Crippen LogP contribution < -0.4 is 5.48 Å². The Hall–Kier alpha value is -2.15. The zero-order chi connectivity index (χ0) is 19.8. The summed E-state index contributed by atoms with van der Waals surface area (Å²) in [6, 6.07) is 0. The fourth-order valence-corrected chi connectivity index (χ4v) is 3.72. The highest BCUT2D eigenvalue weighted by atomic mass is 16.6. The summed E-state index contributed by atoms with van der Waals surface area (Å²) in [5, 5.41) is 0. The van der Waals surface area contributed by atoms with E-state index in [1.165, 1.54) is 0 Å². The van der Waals surface area contributed by atoms with E-state index in [0.717, 1.165) is 23.3 Å². The van der Waals surface area contributed by atoms with E-state index in [4.69, 9.17) is 9.57 Å². The maximum absolute atomic E-state index is 12.5. The van der Waals surface area contributed by atoms with Crippen LogP contribution in [0.5, 0.6) is 0 Å². The van der Waals surface area contributed by atoms with Gasteiger partial charge < -0.3 is 4.74 Å². The molecule has 1 aliphatic heterocycles. The van der Waals surface area contributed by atoms with Crippen molar-refractivity contribution in [3.05, 3.63) is 22.9 Å². The second-order valence-corrected chi connectivity index (χ2v) is 8.37. The van der Waals surface area contributed by atoms with Crippen molar-refractivity contribution in [1.29, 1.82) is 0 Å². The number of amides is 2. The highest BCUT2D eigenvalue weighted by Gasteiger charge is 2.58. The zero-order valence-corrected chi connectivity index (χ0v) is 16.5. The molecule has 0 unspecified atom stereocenters. The summed E-state index contributed by atoms with van der Waals surface area (Å²) in [4.78, 5) is 43.6. The Bertz CT molecular complexity index is 692. The molecule has 0 radical (unpaired) electrons. The molecule has 1 atom stereocenters. The second kappa shape index (κ2) is 7.46. The number of carbonyl (C=O) groups is 3. The first-order chi connectivity index (χ1) is 12.7. The number of rotatable bonds is 7. The Morgan fingerprint density at radius 3 is 2.37 bits per heavy atom. The van der Waals surface area contributed by atoms with E-state index in [1.807, 2.05) is 27.7 Å². The Balaban J connectivity index is 1.53. The Labute approximate surface area is 159 Å². The first-order valence-electron chi connectivity index (χ1n) is 9.57.